The number of imidazole rings is 1. The van der Waals surface area contributed by atoms with Gasteiger partial charge in [0, 0.05) is 45.6 Å². The molecule has 0 radical (unpaired) electrons. The third-order valence-corrected chi connectivity index (χ3v) is 4.19. The van der Waals surface area contributed by atoms with Crippen LogP contribution in [0.3, 0.4) is 0 Å². The Morgan fingerprint density at radius 3 is 2.91 bits per heavy atom. The van der Waals surface area contributed by atoms with Gasteiger partial charge >= 0.3 is 0 Å². The minimum absolute atomic E-state index is 0.306. The Balaban J connectivity index is 1.69. The van der Waals surface area contributed by atoms with E-state index in [2.05, 4.69) is 45.5 Å². The van der Waals surface area contributed by atoms with Gasteiger partial charge in [0.1, 0.15) is 18.2 Å². The highest BCUT2D eigenvalue weighted by molar-refractivity contribution is 5.27. The Morgan fingerprint density at radius 2 is 2.22 bits per heavy atom. The zero-order chi connectivity index (χ0) is 16.1. The second kappa shape index (κ2) is 7.44. The highest BCUT2D eigenvalue weighted by Crippen LogP contribution is 2.23. The monoisotopic (exact) mass is 312 g/mol. The van der Waals surface area contributed by atoms with Gasteiger partial charge in [-0.1, -0.05) is 24.8 Å². The quantitative estimate of drug-likeness (QED) is 0.830. The van der Waals surface area contributed by atoms with E-state index in [0.717, 1.165) is 37.8 Å². The van der Waals surface area contributed by atoms with E-state index in [9.17, 15) is 0 Å². The highest BCUT2D eigenvalue weighted by Gasteiger charge is 2.26. The minimum Gasteiger partial charge on any atom is -0.490 e. The van der Waals surface area contributed by atoms with E-state index in [-0.39, 0.29) is 0 Å². The molecule has 1 atom stereocenters. The number of aryl methyl sites for hydroxylation is 1. The van der Waals surface area contributed by atoms with E-state index in [1.54, 1.807) is 6.08 Å². The van der Waals surface area contributed by atoms with Gasteiger partial charge in [-0.2, -0.15) is 0 Å². The number of ether oxygens (including phenoxy) is 1. The van der Waals surface area contributed by atoms with E-state index in [1.165, 1.54) is 5.56 Å². The van der Waals surface area contributed by atoms with Crippen LogP contribution >= 0.6 is 0 Å². The van der Waals surface area contributed by atoms with Crippen LogP contribution in [0.2, 0.25) is 0 Å². The van der Waals surface area contributed by atoms with Crippen LogP contribution in [0.4, 0.5) is 0 Å². The zero-order valence-corrected chi connectivity index (χ0v) is 13.6. The molecular formula is C18H24N4O. The van der Waals surface area contributed by atoms with Crippen LogP contribution < -0.4 is 10.1 Å². The van der Waals surface area contributed by atoms with Crippen LogP contribution in [0.5, 0.6) is 5.75 Å². The fourth-order valence-electron chi connectivity index (χ4n) is 2.97. The maximum absolute atomic E-state index is 5.54. The summed E-state index contributed by atoms with van der Waals surface area (Å²) in [5, 5.41) is 3.47. The lowest BCUT2D eigenvalue weighted by Crippen LogP contribution is -2.46. The van der Waals surface area contributed by atoms with Crippen LogP contribution in [-0.4, -0.2) is 40.7 Å². The molecule has 1 N–H and O–H groups in total. The summed E-state index contributed by atoms with van der Waals surface area (Å²) in [6.45, 7) is 8.09. The first-order valence-corrected chi connectivity index (χ1v) is 8.02. The maximum Gasteiger partial charge on any atom is 0.127 e. The average Bonchev–Trinajstić information content (AvgIpc) is 3.01. The predicted molar refractivity (Wildman–Crippen MR) is 91.4 cm³/mol. The van der Waals surface area contributed by atoms with Gasteiger partial charge in [0.25, 0.3) is 0 Å². The Morgan fingerprint density at radius 1 is 1.39 bits per heavy atom. The maximum atomic E-state index is 5.54. The van der Waals surface area contributed by atoms with Crippen LogP contribution in [0, 0.1) is 0 Å². The number of piperazine rings is 1. The SMILES string of the molecule is C=CCOc1ccc(CN2CCNCC2c2nccn2C)cc1. The topological polar surface area (TPSA) is 42.3 Å². The summed E-state index contributed by atoms with van der Waals surface area (Å²) in [5.41, 5.74) is 1.29. The molecule has 0 aliphatic carbocycles. The van der Waals surface area contributed by atoms with Crippen molar-refractivity contribution in [2.24, 2.45) is 7.05 Å². The number of hydrogen-bond donors (Lipinski definition) is 1. The second-order valence-corrected chi connectivity index (χ2v) is 5.83. The van der Waals surface area contributed by atoms with Crippen LogP contribution in [0.25, 0.3) is 0 Å². The molecule has 0 saturated carbocycles. The van der Waals surface area contributed by atoms with Crippen molar-refractivity contribution in [2.75, 3.05) is 26.2 Å². The summed E-state index contributed by atoms with van der Waals surface area (Å²) in [4.78, 5) is 7.02. The van der Waals surface area contributed by atoms with Crippen molar-refractivity contribution in [1.82, 2.24) is 19.8 Å². The summed E-state index contributed by atoms with van der Waals surface area (Å²) in [7, 11) is 2.06. The van der Waals surface area contributed by atoms with Crippen molar-refractivity contribution in [2.45, 2.75) is 12.6 Å². The third kappa shape index (κ3) is 3.81. The van der Waals surface area contributed by atoms with Crippen molar-refractivity contribution < 1.29 is 4.74 Å². The van der Waals surface area contributed by atoms with Crippen molar-refractivity contribution in [3.63, 3.8) is 0 Å². The van der Waals surface area contributed by atoms with E-state index < -0.39 is 0 Å². The standard InChI is InChI=1S/C18H24N4O/c1-3-12-23-16-6-4-15(5-7-16)14-22-11-8-19-13-17(22)18-20-9-10-21(18)2/h3-7,9-10,17,19H,1,8,11-14H2,2H3. The fourth-order valence-corrected chi connectivity index (χ4v) is 2.97. The van der Waals surface area contributed by atoms with Gasteiger partial charge in [0.2, 0.25) is 0 Å². The molecule has 1 saturated heterocycles. The second-order valence-electron chi connectivity index (χ2n) is 5.83. The molecule has 0 bridgehead atoms. The Bertz CT molecular complexity index is 635. The van der Waals surface area contributed by atoms with E-state index in [0.29, 0.717) is 12.6 Å². The van der Waals surface area contributed by atoms with Crippen molar-refractivity contribution in [3.05, 3.63) is 60.7 Å². The van der Waals surface area contributed by atoms with E-state index >= 15 is 0 Å². The summed E-state index contributed by atoms with van der Waals surface area (Å²) < 4.78 is 7.65. The number of benzene rings is 1. The van der Waals surface area contributed by atoms with Crippen LogP contribution in [0.1, 0.15) is 17.4 Å². The number of aromatic nitrogens is 2. The summed E-state index contributed by atoms with van der Waals surface area (Å²) in [5.74, 6) is 2.00. The van der Waals surface area contributed by atoms with Crippen molar-refractivity contribution >= 4 is 0 Å². The first-order valence-electron chi connectivity index (χ1n) is 8.02. The molecule has 1 aromatic carbocycles. The molecule has 1 aliphatic heterocycles. The van der Waals surface area contributed by atoms with Gasteiger partial charge < -0.3 is 14.6 Å². The van der Waals surface area contributed by atoms with Crippen LogP contribution in [-0.2, 0) is 13.6 Å². The van der Waals surface area contributed by atoms with E-state index in [4.69, 9.17) is 4.74 Å². The zero-order valence-electron chi connectivity index (χ0n) is 13.6. The number of nitrogens with zero attached hydrogens (tertiary/aromatic N) is 3. The predicted octanol–water partition coefficient (Wildman–Crippen LogP) is 2.13. The molecule has 1 aromatic heterocycles. The molecule has 122 valence electrons. The molecule has 3 rings (SSSR count). The summed E-state index contributed by atoms with van der Waals surface area (Å²) >= 11 is 0. The van der Waals surface area contributed by atoms with Crippen LogP contribution in [0.15, 0.2) is 49.3 Å². The average molecular weight is 312 g/mol. The summed E-state index contributed by atoms with van der Waals surface area (Å²) in [6, 6.07) is 8.62. The van der Waals surface area contributed by atoms with Gasteiger partial charge in [0.15, 0.2) is 0 Å². The Kier molecular flexibility index (Phi) is 5.10. The molecule has 2 heterocycles. The highest BCUT2D eigenvalue weighted by atomic mass is 16.5. The number of rotatable bonds is 6. The van der Waals surface area contributed by atoms with Gasteiger partial charge in [-0.05, 0) is 17.7 Å². The van der Waals surface area contributed by atoms with E-state index in [1.807, 2.05) is 24.5 Å². The van der Waals surface area contributed by atoms with Gasteiger partial charge in [-0.3, -0.25) is 4.90 Å². The van der Waals surface area contributed by atoms with Gasteiger partial charge in [0.05, 0.1) is 6.04 Å². The number of nitrogens with one attached hydrogen (secondary N) is 1. The molecule has 23 heavy (non-hydrogen) atoms. The Hall–Kier alpha value is -2.11. The molecule has 1 fully saturated rings. The lowest BCUT2D eigenvalue weighted by molar-refractivity contribution is 0.144. The molecule has 1 unspecified atom stereocenters. The first-order chi connectivity index (χ1) is 11.3. The van der Waals surface area contributed by atoms with Gasteiger partial charge in [-0.15, -0.1) is 0 Å². The Labute approximate surface area is 137 Å². The molecule has 5 heteroatoms. The largest absolute Gasteiger partial charge is 0.490 e. The van der Waals surface area contributed by atoms with Crippen molar-refractivity contribution in [1.29, 1.82) is 0 Å². The van der Waals surface area contributed by atoms with Gasteiger partial charge in [-0.25, -0.2) is 4.98 Å². The lowest BCUT2D eigenvalue weighted by Gasteiger charge is -2.35. The lowest BCUT2D eigenvalue weighted by atomic mass is 10.1. The molecule has 2 aromatic rings. The minimum atomic E-state index is 0.306. The normalized spacial score (nSPS) is 18.7. The molecule has 1 aliphatic rings. The van der Waals surface area contributed by atoms with Crippen molar-refractivity contribution in [3.8, 4) is 5.75 Å². The number of hydrogen-bond acceptors (Lipinski definition) is 4. The molecule has 0 spiro atoms. The smallest absolute Gasteiger partial charge is 0.127 e. The molecule has 5 nitrogen and oxygen atoms in total. The summed E-state index contributed by atoms with van der Waals surface area (Å²) in [6.07, 6.45) is 5.63. The first kappa shape index (κ1) is 15.8. The third-order valence-electron chi connectivity index (χ3n) is 4.19. The fraction of sp³-hybridized carbons (Fsp3) is 0.389. The molecular weight excluding hydrogens is 288 g/mol. The molecule has 0 amide bonds.